The number of aliphatic hydroxyl groups excluding tert-OH is 1. The van der Waals surface area contributed by atoms with Gasteiger partial charge in [0.05, 0.1) is 17.3 Å². The summed E-state index contributed by atoms with van der Waals surface area (Å²) in [4.78, 5) is 14.2. The van der Waals surface area contributed by atoms with E-state index >= 15 is 0 Å². The highest BCUT2D eigenvalue weighted by Crippen LogP contribution is 2.36. The van der Waals surface area contributed by atoms with Crippen LogP contribution in [0.15, 0.2) is 16.9 Å². The largest absolute Gasteiger partial charge is 0.496 e. The molecule has 1 unspecified atom stereocenters. The number of H-pyrrole nitrogens is 1. The SMILES string of the molecule is CC(O)Cc1[nH]c(=O)ccc1B1OC(C)(C)C(C)(C)O1. The summed E-state index contributed by atoms with van der Waals surface area (Å²) in [5.41, 5.74) is 0.363. The van der Waals surface area contributed by atoms with Crippen molar-refractivity contribution in [2.75, 3.05) is 0 Å². The summed E-state index contributed by atoms with van der Waals surface area (Å²) in [5.74, 6) is 0. The quantitative estimate of drug-likeness (QED) is 0.795. The van der Waals surface area contributed by atoms with Gasteiger partial charge in [0.2, 0.25) is 5.56 Å². The molecular formula is C14H22BNO4. The second-order valence-corrected chi connectivity index (χ2v) is 6.40. The number of aromatic amines is 1. The molecule has 0 spiro atoms. The third kappa shape index (κ3) is 2.82. The second-order valence-electron chi connectivity index (χ2n) is 6.40. The van der Waals surface area contributed by atoms with Crippen LogP contribution in [0.2, 0.25) is 0 Å². The van der Waals surface area contributed by atoms with Crippen LogP contribution in [0.25, 0.3) is 0 Å². The smallest absolute Gasteiger partial charge is 0.399 e. The van der Waals surface area contributed by atoms with Gasteiger partial charge in [-0.15, -0.1) is 0 Å². The fourth-order valence-corrected chi connectivity index (χ4v) is 2.18. The van der Waals surface area contributed by atoms with Gasteiger partial charge in [0.25, 0.3) is 0 Å². The summed E-state index contributed by atoms with van der Waals surface area (Å²) in [6, 6.07) is 3.16. The van der Waals surface area contributed by atoms with Crippen LogP contribution < -0.4 is 11.0 Å². The van der Waals surface area contributed by atoms with Crippen LogP contribution >= 0.6 is 0 Å². The minimum atomic E-state index is -0.547. The molecule has 20 heavy (non-hydrogen) atoms. The Labute approximate surface area is 119 Å². The van der Waals surface area contributed by atoms with Crippen molar-refractivity contribution in [2.45, 2.75) is 58.3 Å². The Morgan fingerprint density at radius 1 is 1.25 bits per heavy atom. The van der Waals surface area contributed by atoms with Crippen molar-refractivity contribution in [1.82, 2.24) is 4.98 Å². The first-order chi connectivity index (χ1) is 9.12. The molecule has 2 rings (SSSR count). The summed E-state index contributed by atoms with van der Waals surface area (Å²) in [6.45, 7) is 9.60. The number of pyridine rings is 1. The molecule has 0 saturated carbocycles. The molecule has 0 bridgehead atoms. The lowest BCUT2D eigenvalue weighted by Crippen LogP contribution is -2.41. The Balaban J connectivity index is 2.37. The first-order valence-corrected chi connectivity index (χ1v) is 6.88. The molecule has 1 atom stereocenters. The van der Waals surface area contributed by atoms with E-state index in [0.29, 0.717) is 12.1 Å². The van der Waals surface area contributed by atoms with E-state index in [4.69, 9.17) is 9.31 Å². The maximum atomic E-state index is 11.5. The number of aliphatic hydroxyl groups is 1. The van der Waals surface area contributed by atoms with E-state index in [1.807, 2.05) is 27.7 Å². The molecule has 6 heteroatoms. The molecule has 1 fully saturated rings. The average molecular weight is 279 g/mol. The number of rotatable bonds is 3. The molecule has 1 aliphatic rings. The maximum absolute atomic E-state index is 11.5. The molecule has 110 valence electrons. The van der Waals surface area contributed by atoms with Gasteiger partial charge in [0.15, 0.2) is 0 Å². The molecule has 1 saturated heterocycles. The van der Waals surface area contributed by atoms with Gasteiger partial charge in [-0.1, -0.05) is 6.07 Å². The lowest BCUT2D eigenvalue weighted by molar-refractivity contribution is 0.00578. The van der Waals surface area contributed by atoms with E-state index in [2.05, 4.69) is 4.98 Å². The highest BCUT2D eigenvalue weighted by Gasteiger charge is 2.52. The Morgan fingerprint density at radius 3 is 2.30 bits per heavy atom. The van der Waals surface area contributed by atoms with E-state index in [0.717, 1.165) is 5.46 Å². The van der Waals surface area contributed by atoms with Crippen molar-refractivity contribution in [3.8, 4) is 0 Å². The highest BCUT2D eigenvalue weighted by molar-refractivity contribution is 6.62. The lowest BCUT2D eigenvalue weighted by Gasteiger charge is -2.32. The average Bonchev–Trinajstić information content (AvgIpc) is 2.46. The molecule has 0 aromatic carbocycles. The van der Waals surface area contributed by atoms with Crippen LogP contribution in [0, 0.1) is 0 Å². The van der Waals surface area contributed by atoms with Crippen LogP contribution in [-0.2, 0) is 15.7 Å². The van der Waals surface area contributed by atoms with Gasteiger partial charge in [-0.3, -0.25) is 4.79 Å². The molecule has 2 heterocycles. The predicted molar refractivity (Wildman–Crippen MR) is 78.2 cm³/mol. The van der Waals surface area contributed by atoms with Crippen LogP contribution in [0.3, 0.4) is 0 Å². The minimum Gasteiger partial charge on any atom is -0.399 e. The zero-order valence-corrected chi connectivity index (χ0v) is 12.7. The molecule has 2 N–H and O–H groups in total. The molecule has 0 amide bonds. The van der Waals surface area contributed by atoms with Crippen molar-refractivity contribution in [3.05, 3.63) is 28.2 Å². The second kappa shape index (κ2) is 5.02. The third-order valence-electron chi connectivity index (χ3n) is 4.04. The van der Waals surface area contributed by atoms with Gasteiger partial charge in [-0.25, -0.2) is 0 Å². The van der Waals surface area contributed by atoms with Crippen molar-refractivity contribution in [3.63, 3.8) is 0 Å². The van der Waals surface area contributed by atoms with Crippen LogP contribution in [0.4, 0.5) is 0 Å². The van der Waals surface area contributed by atoms with E-state index in [1.165, 1.54) is 6.07 Å². The monoisotopic (exact) mass is 279 g/mol. The zero-order valence-electron chi connectivity index (χ0n) is 12.7. The Morgan fingerprint density at radius 2 is 1.80 bits per heavy atom. The van der Waals surface area contributed by atoms with Gasteiger partial charge in [-0.05, 0) is 34.6 Å². The lowest BCUT2D eigenvalue weighted by atomic mass is 9.77. The highest BCUT2D eigenvalue weighted by atomic mass is 16.7. The topological polar surface area (TPSA) is 71.5 Å². The minimum absolute atomic E-state index is 0.194. The van der Waals surface area contributed by atoms with Crippen molar-refractivity contribution >= 4 is 12.6 Å². The van der Waals surface area contributed by atoms with Crippen molar-refractivity contribution in [2.24, 2.45) is 0 Å². The van der Waals surface area contributed by atoms with E-state index < -0.39 is 24.4 Å². The van der Waals surface area contributed by atoms with Gasteiger partial charge in [-0.2, -0.15) is 0 Å². The summed E-state index contributed by atoms with van der Waals surface area (Å²) in [6.07, 6.45) is -0.190. The summed E-state index contributed by atoms with van der Waals surface area (Å²) < 4.78 is 12.0. The first kappa shape index (κ1) is 15.3. The standard InChI is InChI=1S/C14H22BNO4/c1-9(17)8-11-10(6-7-12(18)16-11)15-19-13(2,3)14(4,5)20-15/h6-7,9,17H,8H2,1-5H3,(H,16,18). The molecule has 5 nitrogen and oxygen atoms in total. The van der Waals surface area contributed by atoms with Gasteiger partial charge < -0.3 is 19.4 Å². The van der Waals surface area contributed by atoms with E-state index in [1.54, 1.807) is 13.0 Å². The van der Waals surface area contributed by atoms with Gasteiger partial charge >= 0.3 is 7.12 Å². The fraction of sp³-hybridized carbons (Fsp3) is 0.643. The Kier molecular flexibility index (Phi) is 3.84. The predicted octanol–water partition coefficient (Wildman–Crippen LogP) is 0.597. The van der Waals surface area contributed by atoms with Crippen LogP contribution in [0.1, 0.15) is 40.3 Å². The first-order valence-electron chi connectivity index (χ1n) is 6.88. The Bertz CT molecular complexity index is 534. The Hall–Kier alpha value is -1.11. The summed E-state index contributed by atoms with van der Waals surface area (Å²) in [5, 5.41) is 9.57. The molecule has 0 aliphatic carbocycles. The zero-order chi connectivity index (χ0) is 15.1. The van der Waals surface area contributed by atoms with Gasteiger partial charge in [0, 0.05) is 23.6 Å². The van der Waals surface area contributed by atoms with Crippen molar-refractivity contribution < 1.29 is 14.4 Å². The molecule has 1 aliphatic heterocycles. The number of aromatic nitrogens is 1. The van der Waals surface area contributed by atoms with Crippen molar-refractivity contribution in [1.29, 1.82) is 0 Å². The molecule has 0 radical (unpaired) electrons. The molecular weight excluding hydrogens is 257 g/mol. The maximum Gasteiger partial charge on any atom is 0.496 e. The number of nitrogens with one attached hydrogen (secondary N) is 1. The normalized spacial score (nSPS) is 22.0. The third-order valence-corrected chi connectivity index (χ3v) is 4.04. The number of hydrogen-bond acceptors (Lipinski definition) is 4. The van der Waals surface area contributed by atoms with E-state index in [9.17, 15) is 9.90 Å². The molecule has 1 aromatic rings. The number of hydrogen-bond donors (Lipinski definition) is 2. The molecule has 1 aromatic heterocycles. The summed E-state index contributed by atoms with van der Waals surface area (Å²) in [7, 11) is -0.536. The van der Waals surface area contributed by atoms with Gasteiger partial charge in [0.1, 0.15) is 0 Å². The van der Waals surface area contributed by atoms with Crippen LogP contribution in [-0.4, -0.2) is 34.5 Å². The van der Waals surface area contributed by atoms with E-state index in [-0.39, 0.29) is 5.56 Å². The fourth-order valence-electron chi connectivity index (χ4n) is 2.18. The summed E-state index contributed by atoms with van der Waals surface area (Å²) >= 11 is 0. The van der Waals surface area contributed by atoms with Crippen LogP contribution in [0.5, 0.6) is 0 Å².